The Balaban J connectivity index is 1.19. The molecule has 9 atom stereocenters. The molecular formula is C48H47NO14. The van der Waals surface area contributed by atoms with Crippen LogP contribution in [0.4, 0.5) is 0 Å². The molecule has 2 saturated heterocycles. The van der Waals surface area contributed by atoms with E-state index in [1.807, 2.05) is 60.7 Å². The third-order valence-electron chi connectivity index (χ3n) is 10.5. The van der Waals surface area contributed by atoms with Gasteiger partial charge in [-0.25, -0.2) is 14.4 Å². The summed E-state index contributed by atoms with van der Waals surface area (Å²) in [4.78, 5) is 53.1. The topological polar surface area (TPSA) is 177 Å². The minimum absolute atomic E-state index is 0.0569. The summed E-state index contributed by atoms with van der Waals surface area (Å²) in [6, 6.07) is 43.1. The van der Waals surface area contributed by atoms with Gasteiger partial charge in [-0.05, 0) is 47.5 Å². The predicted octanol–water partition coefficient (Wildman–Crippen LogP) is 6.47. The first-order valence-electron chi connectivity index (χ1n) is 20.4. The first-order chi connectivity index (χ1) is 30.8. The van der Waals surface area contributed by atoms with Crippen molar-refractivity contribution in [3.05, 3.63) is 190 Å². The summed E-state index contributed by atoms with van der Waals surface area (Å²) in [6.45, 7) is -0.806. The largest absolute Gasteiger partial charge is 0.452 e. The van der Waals surface area contributed by atoms with Crippen LogP contribution in [-0.4, -0.2) is 98.9 Å². The van der Waals surface area contributed by atoms with Gasteiger partial charge in [-0.1, -0.05) is 115 Å². The highest BCUT2D eigenvalue weighted by atomic mass is 16.7. The number of benzene rings is 5. The van der Waals surface area contributed by atoms with Crippen LogP contribution >= 0.6 is 0 Å². The van der Waals surface area contributed by atoms with Crippen molar-refractivity contribution in [2.45, 2.75) is 62.4 Å². The summed E-state index contributed by atoms with van der Waals surface area (Å²) in [6.07, 6.45) is -10.1. The summed E-state index contributed by atoms with van der Waals surface area (Å²) < 4.78 is 55.6. The lowest BCUT2D eigenvalue weighted by atomic mass is 9.93. The van der Waals surface area contributed by atoms with Gasteiger partial charge in [0.1, 0.15) is 24.2 Å². The molecular weight excluding hydrogens is 815 g/mol. The zero-order valence-electron chi connectivity index (χ0n) is 34.3. The molecule has 0 saturated carbocycles. The lowest BCUT2D eigenvalue weighted by molar-refractivity contribution is -0.501. The van der Waals surface area contributed by atoms with Gasteiger partial charge in [0.25, 0.3) is 0 Å². The molecule has 5 aromatic carbocycles. The Bertz CT molecular complexity index is 2220. The van der Waals surface area contributed by atoms with E-state index in [-0.39, 0.29) is 36.5 Å². The lowest BCUT2D eigenvalue weighted by Crippen LogP contribution is -2.63. The Morgan fingerprint density at radius 3 is 1.49 bits per heavy atom. The maximum atomic E-state index is 13.8. The monoisotopic (exact) mass is 861 g/mol. The number of ether oxygens (including phenoxy) is 9. The van der Waals surface area contributed by atoms with E-state index in [4.69, 9.17) is 42.6 Å². The van der Waals surface area contributed by atoms with E-state index in [1.165, 1.54) is 31.4 Å². The summed E-state index contributed by atoms with van der Waals surface area (Å²) in [5.74, 6) is -3.44. The smallest absolute Gasteiger partial charge is 0.338 e. The van der Waals surface area contributed by atoms with Gasteiger partial charge in [-0.2, -0.15) is 0 Å². The third kappa shape index (κ3) is 12.0. The van der Waals surface area contributed by atoms with Crippen molar-refractivity contribution in [3.63, 3.8) is 0 Å². The fourth-order valence-electron chi connectivity index (χ4n) is 7.38. The molecule has 2 heterocycles. The number of rotatable bonds is 18. The molecule has 328 valence electrons. The minimum Gasteiger partial charge on any atom is -0.452 e. The van der Waals surface area contributed by atoms with Crippen LogP contribution in [0.2, 0.25) is 0 Å². The van der Waals surface area contributed by atoms with Crippen LogP contribution in [0.3, 0.4) is 0 Å². The fraction of sp³-hybridized carbons (Fsp3) is 0.312. The number of esters is 3. The van der Waals surface area contributed by atoms with Gasteiger partial charge >= 0.3 is 17.9 Å². The van der Waals surface area contributed by atoms with Gasteiger partial charge in [0.05, 0.1) is 43.1 Å². The SMILES string of the molecule is CO[C@H]1O[C@H](CO[C@H]2OC[C@@H](OCc3ccccc3)[C@H](OCc3ccccc3)[C@H]2C[N+](=O)[O-])[C@@H](OC(=O)c2ccccc2)[C@H](OC(=O)c2ccccc2)[C@@H]1OC(=O)c1ccccc1. The van der Waals surface area contributed by atoms with Crippen molar-refractivity contribution < 1.29 is 61.9 Å². The highest BCUT2D eigenvalue weighted by Gasteiger charge is 2.54. The molecule has 0 spiro atoms. The van der Waals surface area contributed by atoms with Gasteiger partial charge in [0, 0.05) is 12.0 Å². The molecule has 0 radical (unpaired) electrons. The van der Waals surface area contributed by atoms with Gasteiger partial charge in [0.15, 0.2) is 30.9 Å². The van der Waals surface area contributed by atoms with Crippen molar-refractivity contribution in [1.29, 1.82) is 0 Å². The maximum Gasteiger partial charge on any atom is 0.338 e. The first kappa shape index (κ1) is 44.7. The molecule has 5 aromatic rings. The van der Waals surface area contributed by atoms with Gasteiger partial charge in [0.2, 0.25) is 6.54 Å². The average molecular weight is 862 g/mol. The molecule has 7 rings (SSSR count). The Morgan fingerprint density at radius 2 is 1.02 bits per heavy atom. The Labute approximate surface area is 363 Å². The van der Waals surface area contributed by atoms with E-state index in [9.17, 15) is 24.5 Å². The van der Waals surface area contributed by atoms with Crippen LogP contribution in [0.5, 0.6) is 0 Å². The van der Waals surface area contributed by atoms with Crippen molar-refractivity contribution >= 4 is 17.9 Å². The second-order valence-corrected chi connectivity index (χ2v) is 14.8. The molecule has 0 N–H and O–H groups in total. The van der Waals surface area contributed by atoms with Crippen LogP contribution in [0, 0.1) is 16.0 Å². The van der Waals surface area contributed by atoms with Crippen LogP contribution in [0.1, 0.15) is 42.2 Å². The normalized spacial score (nSPS) is 24.4. The molecule has 0 aliphatic carbocycles. The van der Waals surface area contributed by atoms with E-state index >= 15 is 0 Å². The van der Waals surface area contributed by atoms with Crippen molar-refractivity contribution in [2.24, 2.45) is 5.92 Å². The molecule has 0 amide bonds. The van der Waals surface area contributed by atoms with Gasteiger partial charge in [-0.3, -0.25) is 10.1 Å². The standard InChI is InChI=1S/C48H47NO14/c1-55-48-43(63-46(52)36-25-15-6-16-26-36)42(62-45(51)35-23-13-5-14-24-35)41(61-44(50)34-21-11-4-12-22-34)39(60-48)31-59-47-37(27-49(53)54)40(57-29-33-19-9-3-10-20-33)38(30-58-47)56-28-32-17-7-2-8-18-32/h2-26,37-43,47-48H,27-31H2,1H3/t37-,38-,39-,40-,41-,42+,43+,47-,48+/m1/s1. The number of methoxy groups -OCH3 is 1. The Morgan fingerprint density at radius 1 is 0.571 bits per heavy atom. The molecule has 0 bridgehead atoms. The average Bonchev–Trinajstić information content (AvgIpc) is 3.32. The zero-order valence-corrected chi connectivity index (χ0v) is 34.3. The summed E-state index contributed by atoms with van der Waals surface area (Å²) >= 11 is 0. The van der Waals surface area contributed by atoms with Crippen molar-refractivity contribution in [1.82, 2.24) is 0 Å². The predicted molar refractivity (Wildman–Crippen MR) is 224 cm³/mol. The number of hydrogen-bond donors (Lipinski definition) is 0. The van der Waals surface area contributed by atoms with E-state index in [0.717, 1.165) is 11.1 Å². The van der Waals surface area contributed by atoms with Crippen LogP contribution in [-0.2, 0) is 55.8 Å². The number of hydrogen-bond acceptors (Lipinski definition) is 14. The minimum atomic E-state index is -1.54. The fourth-order valence-corrected chi connectivity index (χ4v) is 7.38. The number of carbonyl (C=O) groups is 3. The molecule has 63 heavy (non-hydrogen) atoms. The van der Waals surface area contributed by atoms with Crippen molar-refractivity contribution in [3.8, 4) is 0 Å². The number of carbonyl (C=O) groups excluding carboxylic acids is 3. The summed E-state index contributed by atoms with van der Waals surface area (Å²) in [7, 11) is 1.31. The molecule has 15 nitrogen and oxygen atoms in total. The third-order valence-corrected chi connectivity index (χ3v) is 10.5. The van der Waals surface area contributed by atoms with E-state index in [1.54, 1.807) is 66.7 Å². The second-order valence-electron chi connectivity index (χ2n) is 14.8. The Kier molecular flexibility index (Phi) is 15.7. The number of nitrogens with zero attached hydrogens (tertiary/aromatic N) is 1. The lowest BCUT2D eigenvalue weighted by Gasteiger charge is -2.45. The molecule has 0 aromatic heterocycles. The number of nitro groups is 1. The maximum absolute atomic E-state index is 13.8. The highest BCUT2D eigenvalue weighted by Crippen LogP contribution is 2.34. The summed E-state index contributed by atoms with van der Waals surface area (Å²) in [5, 5.41) is 12.3. The summed E-state index contributed by atoms with van der Waals surface area (Å²) in [5.41, 5.74) is 2.24. The zero-order chi connectivity index (χ0) is 44.0. The Hall–Kier alpha value is -6.33. The van der Waals surface area contributed by atoms with Crippen LogP contribution < -0.4 is 0 Å². The van der Waals surface area contributed by atoms with E-state index < -0.39 is 91.1 Å². The first-order valence-corrected chi connectivity index (χ1v) is 20.4. The van der Waals surface area contributed by atoms with E-state index in [0.29, 0.717) is 0 Å². The molecule has 2 aliphatic heterocycles. The van der Waals surface area contributed by atoms with Crippen LogP contribution in [0.15, 0.2) is 152 Å². The molecule has 2 fully saturated rings. The highest BCUT2D eigenvalue weighted by molar-refractivity contribution is 5.91. The van der Waals surface area contributed by atoms with Gasteiger partial charge in [-0.15, -0.1) is 0 Å². The molecule has 0 unspecified atom stereocenters. The van der Waals surface area contributed by atoms with Crippen molar-refractivity contribution in [2.75, 3.05) is 26.9 Å². The van der Waals surface area contributed by atoms with E-state index in [2.05, 4.69) is 0 Å². The van der Waals surface area contributed by atoms with Crippen LogP contribution in [0.25, 0.3) is 0 Å². The molecule has 15 heteroatoms. The van der Waals surface area contributed by atoms with Gasteiger partial charge < -0.3 is 42.6 Å². The second kappa shape index (κ2) is 22.2. The molecule has 2 aliphatic rings. The quantitative estimate of drug-likeness (QED) is 0.0405.